The van der Waals surface area contributed by atoms with Crippen LogP contribution in [0.25, 0.3) is 0 Å². The molecule has 1 N–H and O–H groups in total. The average molecular weight is 437 g/mol. The molecule has 3 rings (SSSR count). The van der Waals surface area contributed by atoms with Crippen molar-refractivity contribution in [2.45, 2.75) is 32.6 Å². The number of rotatable bonds is 8. The summed E-state index contributed by atoms with van der Waals surface area (Å²) in [4.78, 5) is 2.56. The van der Waals surface area contributed by atoms with Gasteiger partial charge in [-0.3, -0.25) is 0 Å². The Balaban J connectivity index is 1.93. The fourth-order valence-corrected chi connectivity index (χ4v) is 3.67. The van der Waals surface area contributed by atoms with Crippen molar-refractivity contribution < 1.29 is 13.2 Å². The van der Waals surface area contributed by atoms with Crippen LogP contribution in [0.1, 0.15) is 36.1 Å². The standard InChI is InChI=1S/C25H28N2O3S/c1-18(2)17-30-23-13-11-22(12-14-23)25(21-9-5-19(3)6-10-21)26-27-31(28,29)24-15-7-20(4)8-16-24/h5-16,18,27H,17H2,1-4H3/b26-25+. The molecule has 0 saturated heterocycles. The van der Waals surface area contributed by atoms with E-state index in [1.54, 1.807) is 24.3 Å². The summed E-state index contributed by atoms with van der Waals surface area (Å²) in [5.74, 6) is 1.20. The first-order valence-electron chi connectivity index (χ1n) is 10.2. The predicted molar refractivity (Wildman–Crippen MR) is 125 cm³/mol. The molecule has 0 bridgehead atoms. The minimum absolute atomic E-state index is 0.169. The lowest BCUT2D eigenvalue weighted by Crippen LogP contribution is -2.21. The molecule has 0 radical (unpaired) electrons. The van der Waals surface area contributed by atoms with E-state index < -0.39 is 10.0 Å². The molecule has 0 aliphatic rings. The van der Waals surface area contributed by atoms with Gasteiger partial charge in [-0.25, -0.2) is 0 Å². The molecular formula is C25H28N2O3S. The summed E-state index contributed by atoms with van der Waals surface area (Å²) in [5, 5.41) is 4.31. The molecule has 162 valence electrons. The highest BCUT2D eigenvalue weighted by atomic mass is 32.2. The second-order valence-corrected chi connectivity index (χ2v) is 9.62. The Bertz CT molecular complexity index is 1130. The maximum Gasteiger partial charge on any atom is 0.276 e. The molecule has 31 heavy (non-hydrogen) atoms. The van der Waals surface area contributed by atoms with E-state index in [9.17, 15) is 8.42 Å². The van der Waals surface area contributed by atoms with Gasteiger partial charge in [0.25, 0.3) is 10.0 Å². The molecule has 3 aromatic carbocycles. The molecule has 5 nitrogen and oxygen atoms in total. The molecule has 0 amide bonds. The van der Waals surface area contributed by atoms with E-state index in [-0.39, 0.29) is 4.90 Å². The molecule has 0 aliphatic carbocycles. The normalized spacial score (nSPS) is 12.1. The molecule has 0 unspecified atom stereocenters. The van der Waals surface area contributed by atoms with Crippen molar-refractivity contribution in [3.63, 3.8) is 0 Å². The summed E-state index contributed by atoms with van der Waals surface area (Å²) in [6.07, 6.45) is 0. The molecule has 0 heterocycles. The molecule has 0 spiro atoms. The smallest absolute Gasteiger partial charge is 0.276 e. The summed E-state index contributed by atoms with van der Waals surface area (Å²) in [7, 11) is -3.78. The van der Waals surface area contributed by atoms with Gasteiger partial charge in [-0.05, 0) is 56.2 Å². The quantitative estimate of drug-likeness (QED) is 0.396. The number of sulfonamides is 1. The average Bonchev–Trinajstić information content (AvgIpc) is 2.74. The third-order valence-electron chi connectivity index (χ3n) is 4.65. The number of hydrogen-bond acceptors (Lipinski definition) is 4. The van der Waals surface area contributed by atoms with Gasteiger partial charge >= 0.3 is 0 Å². The van der Waals surface area contributed by atoms with Crippen molar-refractivity contribution in [1.82, 2.24) is 4.83 Å². The second-order valence-electron chi connectivity index (χ2n) is 7.96. The van der Waals surface area contributed by atoms with Crippen LogP contribution in [0.5, 0.6) is 5.75 Å². The van der Waals surface area contributed by atoms with Crippen LogP contribution in [-0.2, 0) is 10.0 Å². The predicted octanol–water partition coefficient (Wildman–Crippen LogP) is 5.07. The minimum atomic E-state index is -3.78. The molecule has 0 aromatic heterocycles. The first-order valence-corrected chi connectivity index (χ1v) is 11.7. The Labute approximate surface area is 184 Å². The Morgan fingerprint density at radius 3 is 1.84 bits per heavy atom. The van der Waals surface area contributed by atoms with E-state index in [1.807, 2.05) is 62.4 Å². The third-order valence-corrected chi connectivity index (χ3v) is 5.87. The maximum absolute atomic E-state index is 12.7. The van der Waals surface area contributed by atoms with Gasteiger partial charge in [0, 0.05) is 11.1 Å². The lowest BCUT2D eigenvalue weighted by atomic mass is 10.0. The van der Waals surface area contributed by atoms with Gasteiger partial charge in [0.2, 0.25) is 0 Å². The van der Waals surface area contributed by atoms with Crippen LogP contribution >= 0.6 is 0 Å². The van der Waals surface area contributed by atoms with Gasteiger partial charge in [0.15, 0.2) is 0 Å². The van der Waals surface area contributed by atoms with Gasteiger partial charge in [0.05, 0.1) is 17.2 Å². The van der Waals surface area contributed by atoms with Crippen LogP contribution in [-0.4, -0.2) is 20.7 Å². The third kappa shape index (κ3) is 6.18. The van der Waals surface area contributed by atoms with Gasteiger partial charge < -0.3 is 4.74 Å². The molecular weight excluding hydrogens is 408 g/mol. The van der Waals surface area contributed by atoms with Crippen molar-refractivity contribution in [1.29, 1.82) is 0 Å². The maximum atomic E-state index is 12.7. The Kier molecular flexibility index (Phi) is 7.13. The van der Waals surface area contributed by atoms with Crippen LogP contribution in [0.3, 0.4) is 0 Å². The highest BCUT2D eigenvalue weighted by molar-refractivity contribution is 7.89. The Hall–Kier alpha value is -3.12. The summed E-state index contributed by atoms with van der Waals surface area (Å²) in [6, 6.07) is 22.0. The minimum Gasteiger partial charge on any atom is -0.493 e. The summed E-state index contributed by atoms with van der Waals surface area (Å²) >= 11 is 0. The summed E-state index contributed by atoms with van der Waals surface area (Å²) in [5.41, 5.74) is 4.23. The first kappa shape index (κ1) is 22.6. The van der Waals surface area contributed by atoms with Crippen LogP contribution in [0.15, 0.2) is 82.8 Å². The van der Waals surface area contributed by atoms with Crippen molar-refractivity contribution in [2.24, 2.45) is 11.0 Å². The van der Waals surface area contributed by atoms with E-state index in [1.165, 1.54) is 0 Å². The largest absolute Gasteiger partial charge is 0.493 e. The Morgan fingerprint density at radius 2 is 1.32 bits per heavy atom. The lowest BCUT2D eigenvalue weighted by Gasteiger charge is -2.12. The van der Waals surface area contributed by atoms with E-state index >= 15 is 0 Å². The van der Waals surface area contributed by atoms with E-state index in [0.717, 1.165) is 28.0 Å². The Morgan fingerprint density at radius 1 is 0.839 bits per heavy atom. The van der Waals surface area contributed by atoms with E-state index in [2.05, 4.69) is 23.8 Å². The van der Waals surface area contributed by atoms with Gasteiger partial charge in [0.1, 0.15) is 5.75 Å². The highest BCUT2D eigenvalue weighted by Crippen LogP contribution is 2.18. The van der Waals surface area contributed by atoms with Crippen molar-refractivity contribution >= 4 is 15.7 Å². The zero-order chi connectivity index (χ0) is 22.4. The number of hydrazone groups is 1. The zero-order valence-corrected chi connectivity index (χ0v) is 19.1. The van der Waals surface area contributed by atoms with Crippen LogP contribution < -0.4 is 9.57 Å². The molecule has 0 aliphatic heterocycles. The topological polar surface area (TPSA) is 67.8 Å². The van der Waals surface area contributed by atoms with Gasteiger partial charge in [-0.15, -0.1) is 0 Å². The van der Waals surface area contributed by atoms with E-state index in [4.69, 9.17) is 4.74 Å². The number of aryl methyl sites for hydroxylation is 2. The number of nitrogens with zero attached hydrogens (tertiary/aromatic N) is 1. The fraction of sp³-hybridized carbons (Fsp3) is 0.240. The molecule has 0 atom stereocenters. The number of ether oxygens (including phenoxy) is 1. The van der Waals surface area contributed by atoms with Crippen LogP contribution in [0, 0.1) is 19.8 Å². The van der Waals surface area contributed by atoms with Crippen molar-refractivity contribution in [2.75, 3.05) is 6.61 Å². The highest BCUT2D eigenvalue weighted by Gasteiger charge is 2.15. The SMILES string of the molecule is Cc1ccc(/C(=N\NS(=O)(=O)c2ccc(C)cc2)c2ccc(OCC(C)C)cc2)cc1. The lowest BCUT2D eigenvalue weighted by molar-refractivity contribution is 0.271. The van der Waals surface area contributed by atoms with E-state index in [0.29, 0.717) is 18.2 Å². The van der Waals surface area contributed by atoms with Crippen molar-refractivity contribution in [3.8, 4) is 5.75 Å². The fourth-order valence-electron chi connectivity index (χ4n) is 2.85. The monoisotopic (exact) mass is 436 g/mol. The molecule has 0 saturated carbocycles. The first-order chi connectivity index (χ1) is 14.7. The number of hydrogen-bond donors (Lipinski definition) is 1. The van der Waals surface area contributed by atoms with Crippen molar-refractivity contribution in [3.05, 3.63) is 95.1 Å². The number of benzene rings is 3. The van der Waals surface area contributed by atoms with Crippen LogP contribution in [0.2, 0.25) is 0 Å². The van der Waals surface area contributed by atoms with Gasteiger partial charge in [-0.1, -0.05) is 61.4 Å². The number of nitrogens with one attached hydrogen (secondary N) is 1. The van der Waals surface area contributed by atoms with Crippen LogP contribution in [0.4, 0.5) is 0 Å². The molecule has 3 aromatic rings. The summed E-state index contributed by atoms with van der Waals surface area (Å²) in [6.45, 7) is 8.73. The molecule has 0 fully saturated rings. The molecule has 6 heteroatoms. The summed E-state index contributed by atoms with van der Waals surface area (Å²) < 4.78 is 31.2. The van der Waals surface area contributed by atoms with Gasteiger partial charge in [-0.2, -0.15) is 18.4 Å². The zero-order valence-electron chi connectivity index (χ0n) is 18.3. The second kappa shape index (κ2) is 9.79.